The van der Waals surface area contributed by atoms with E-state index in [0.29, 0.717) is 0 Å². The molecule has 0 unspecified atom stereocenters. The second-order valence-corrected chi connectivity index (χ2v) is 15.6. The molecule has 0 fully saturated rings. The molecule has 0 aliphatic rings. The maximum atomic E-state index is 11.4. The first-order chi connectivity index (χ1) is 8.90. The average molecular weight is 327 g/mol. The van der Waals surface area contributed by atoms with Crippen LogP contribution in [0.4, 0.5) is 0 Å². The van der Waals surface area contributed by atoms with E-state index in [9.17, 15) is 4.79 Å². The zero-order chi connectivity index (χ0) is 14.8. The van der Waals surface area contributed by atoms with Gasteiger partial charge in [-0.2, -0.15) is 0 Å². The van der Waals surface area contributed by atoms with Crippen molar-refractivity contribution in [2.75, 3.05) is 24.0 Å². The molecule has 0 saturated heterocycles. The van der Waals surface area contributed by atoms with Gasteiger partial charge in [0.05, 0.1) is 0 Å². The Balaban J connectivity index is 4.97. The molecule has 0 rings (SSSR count). The maximum absolute atomic E-state index is 11.4. The van der Waals surface area contributed by atoms with Crippen molar-refractivity contribution in [2.45, 2.75) is 66.2 Å². The van der Waals surface area contributed by atoms with E-state index in [1.165, 1.54) is 68.8 Å². The van der Waals surface area contributed by atoms with Crippen LogP contribution in [0.2, 0.25) is 0 Å². The molecular weight excluding hydrogens is 295 g/mol. The Labute approximate surface area is 129 Å². The van der Waals surface area contributed by atoms with E-state index in [0.717, 1.165) is 5.49 Å². The van der Waals surface area contributed by atoms with Crippen LogP contribution in [0.3, 0.4) is 0 Å². The van der Waals surface area contributed by atoms with Crippen LogP contribution in [-0.4, -0.2) is 29.1 Å². The standard InChI is InChI=1S/C15H32ClOPS/c1-5-8-11-18(16,12-9-6-2,13-10-7-3)14-19-15(4)17/h5-14H2,1-4H3. The molecule has 0 heterocycles. The van der Waals surface area contributed by atoms with Gasteiger partial charge in [0.2, 0.25) is 0 Å². The summed E-state index contributed by atoms with van der Waals surface area (Å²) in [5.41, 5.74) is 0.905. The first-order valence-electron chi connectivity index (χ1n) is 7.75. The van der Waals surface area contributed by atoms with E-state index >= 15 is 0 Å². The predicted octanol–water partition coefficient (Wildman–Crippen LogP) is 6.33. The van der Waals surface area contributed by atoms with Crippen LogP contribution in [0.25, 0.3) is 0 Å². The zero-order valence-corrected chi connectivity index (χ0v) is 15.7. The van der Waals surface area contributed by atoms with Crippen molar-refractivity contribution >= 4 is 34.1 Å². The topological polar surface area (TPSA) is 17.1 Å². The predicted molar refractivity (Wildman–Crippen MR) is 95.2 cm³/mol. The number of hydrogen-bond acceptors (Lipinski definition) is 2. The molecule has 0 spiro atoms. The van der Waals surface area contributed by atoms with Gasteiger partial charge in [-0.1, -0.05) is 0 Å². The summed E-state index contributed by atoms with van der Waals surface area (Å²) >= 11 is 8.81. The number of hydrogen-bond donors (Lipinski definition) is 0. The minimum atomic E-state index is -2.19. The van der Waals surface area contributed by atoms with Crippen molar-refractivity contribution in [1.82, 2.24) is 0 Å². The number of unbranched alkanes of at least 4 members (excludes halogenated alkanes) is 3. The number of halogens is 1. The summed E-state index contributed by atoms with van der Waals surface area (Å²) in [4.78, 5) is 11.4. The Hall–Kier alpha value is 0.740. The van der Waals surface area contributed by atoms with Gasteiger partial charge >= 0.3 is 129 Å². The molecule has 116 valence electrons. The van der Waals surface area contributed by atoms with Crippen LogP contribution in [0.15, 0.2) is 0 Å². The first-order valence-corrected chi connectivity index (χ1v) is 12.6. The number of thioether (sulfide) groups is 1. The number of carbonyl (C=O) groups is 1. The van der Waals surface area contributed by atoms with Crippen LogP contribution in [0, 0.1) is 0 Å². The first kappa shape index (κ1) is 19.7. The van der Waals surface area contributed by atoms with Gasteiger partial charge in [0.1, 0.15) is 0 Å². The van der Waals surface area contributed by atoms with Crippen molar-refractivity contribution in [1.29, 1.82) is 0 Å². The summed E-state index contributed by atoms with van der Waals surface area (Å²) in [5, 5.41) is 0.221. The van der Waals surface area contributed by atoms with Crippen molar-refractivity contribution in [3.05, 3.63) is 0 Å². The third-order valence-corrected chi connectivity index (χ3v) is 14.0. The van der Waals surface area contributed by atoms with E-state index in [1.807, 2.05) is 0 Å². The number of rotatable bonds is 11. The normalized spacial score (nSPS) is 14.1. The summed E-state index contributed by atoms with van der Waals surface area (Å²) in [7, 11) is 0. The molecule has 4 heteroatoms. The van der Waals surface area contributed by atoms with Gasteiger partial charge in [-0.3, -0.25) is 0 Å². The van der Waals surface area contributed by atoms with Crippen LogP contribution in [-0.2, 0) is 4.79 Å². The average Bonchev–Trinajstić information content (AvgIpc) is 2.40. The minimum absolute atomic E-state index is 0.221. The van der Waals surface area contributed by atoms with Gasteiger partial charge in [-0.15, -0.1) is 0 Å². The quantitative estimate of drug-likeness (QED) is 0.412. The Morgan fingerprint density at radius 1 is 0.947 bits per heavy atom. The third kappa shape index (κ3) is 7.93. The van der Waals surface area contributed by atoms with Gasteiger partial charge in [-0.05, 0) is 0 Å². The molecule has 0 amide bonds. The monoisotopic (exact) mass is 326 g/mol. The Morgan fingerprint density at radius 2 is 1.32 bits per heavy atom. The summed E-state index contributed by atoms with van der Waals surface area (Å²) in [5.74, 6) is -2.19. The van der Waals surface area contributed by atoms with E-state index < -0.39 is 5.96 Å². The van der Waals surface area contributed by atoms with Gasteiger partial charge < -0.3 is 0 Å². The van der Waals surface area contributed by atoms with E-state index in [1.54, 1.807) is 6.92 Å². The molecule has 0 bridgehead atoms. The molecule has 1 nitrogen and oxygen atoms in total. The molecule has 0 aliphatic heterocycles. The third-order valence-electron chi connectivity index (χ3n) is 3.80. The Kier molecular flexibility index (Phi) is 10.0. The van der Waals surface area contributed by atoms with Gasteiger partial charge in [0.25, 0.3) is 0 Å². The van der Waals surface area contributed by atoms with Crippen molar-refractivity contribution in [3.8, 4) is 0 Å². The fourth-order valence-corrected chi connectivity index (χ4v) is 11.5. The second-order valence-electron chi connectivity index (χ2n) is 5.82. The molecule has 0 saturated carbocycles. The summed E-state index contributed by atoms with van der Waals surface area (Å²) in [6.07, 6.45) is 10.8. The van der Waals surface area contributed by atoms with Crippen LogP contribution in [0.1, 0.15) is 66.2 Å². The van der Waals surface area contributed by atoms with Crippen LogP contribution in [0.5, 0.6) is 0 Å². The van der Waals surface area contributed by atoms with Crippen molar-refractivity contribution < 1.29 is 4.79 Å². The van der Waals surface area contributed by atoms with Gasteiger partial charge in [0, 0.05) is 0 Å². The second kappa shape index (κ2) is 9.64. The summed E-state index contributed by atoms with van der Waals surface area (Å²) < 4.78 is 0. The molecule has 0 aromatic carbocycles. The van der Waals surface area contributed by atoms with E-state index in [-0.39, 0.29) is 5.12 Å². The molecule has 0 radical (unpaired) electrons. The zero-order valence-electron chi connectivity index (χ0n) is 13.2. The van der Waals surface area contributed by atoms with Crippen LogP contribution >= 0.6 is 29.0 Å². The van der Waals surface area contributed by atoms with Crippen molar-refractivity contribution in [3.63, 3.8) is 0 Å². The Morgan fingerprint density at radius 3 is 1.58 bits per heavy atom. The molecule has 0 atom stereocenters. The molecule has 0 aromatic rings. The number of carbonyl (C=O) groups excluding carboxylic acids is 1. The molecular formula is C15H32ClOPS. The Bertz CT molecular complexity index is 246. The van der Waals surface area contributed by atoms with E-state index in [4.69, 9.17) is 11.2 Å². The van der Waals surface area contributed by atoms with Crippen LogP contribution < -0.4 is 0 Å². The molecule has 0 N–H and O–H groups in total. The summed E-state index contributed by atoms with van der Waals surface area (Å²) in [6.45, 7) is 8.36. The summed E-state index contributed by atoms with van der Waals surface area (Å²) in [6, 6.07) is 0. The fraction of sp³-hybridized carbons (Fsp3) is 0.933. The van der Waals surface area contributed by atoms with Gasteiger partial charge in [0.15, 0.2) is 0 Å². The van der Waals surface area contributed by atoms with Gasteiger partial charge in [-0.25, -0.2) is 0 Å². The molecule has 19 heavy (non-hydrogen) atoms. The SMILES string of the molecule is CCCCP(Cl)(CCCC)(CCCC)CSC(C)=O. The molecule has 0 aliphatic carbocycles. The fourth-order valence-electron chi connectivity index (χ4n) is 2.44. The van der Waals surface area contributed by atoms with E-state index in [2.05, 4.69) is 20.8 Å². The molecule has 0 aromatic heterocycles. The van der Waals surface area contributed by atoms with Crippen molar-refractivity contribution in [2.24, 2.45) is 0 Å².